The number of rotatable bonds is 6. The van der Waals surface area contributed by atoms with Crippen molar-refractivity contribution in [2.24, 2.45) is 10.7 Å². The molecular formula is C21H33N5O. The first-order valence-electron chi connectivity index (χ1n) is 10.1. The zero-order valence-corrected chi connectivity index (χ0v) is 16.7. The van der Waals surface area contributed by atoms with Crippen LogP contribution in [0.25, 0.3) is 0 Å². The molecule has 1 aromatic carbocycles. The molecule has 2 atom stereocenters. The van der Waals surface area contributed by atoms with Crippen molar-refractivity contribution in [3.05, 3.63) is 35.4 Å². The van der Waals surface area contributed by atoms with Crippen LogP contribution in [0, 0.1) is 0 Å². The predicted octanol–water partition coefficient (Wildman–Crippen LogP) is 1.78. The van der Waals surface area contributed by atoms with Crippen molar-refractivity contribution in [1.82, 2.24) is 15.5 Å². The Kier molecular flexibility index (Phi) is 6.37. The van der Waals surface area contributed by atoms with Crippen molar-refractivity contribution >= 4 is 11.9 Å². The first kappa shape index (κ1) is 19.7. The van der Waals surface area contributed by atoms with E-state index < -0.39 is 0 Å². The number of amides is 1. The van der Waals surface area contributed by atoms with E-state index in [-0.39, 0.29) is 5.91 Å². The van der Waals surface area contributed by atoms with Crippen LogP contribution in [0.15, 0.2) is 29.3 Å². The average Bonchev–Trinajstić information content (AvgIpc) is 3.41. The van der Waals surface area contributed by atoms with Gasteiger partial charge in [-0.3, -0.25) is 14.7 Å². The van der Waals surface area contributed by atoms with E-state index in [9.17, 15) is 4.79 Å². The van der Waals surface area contributed by atoms with Gasteiger partial charge in [0.15, 0.2) is 5.96 Å². The molecule has 2 aliphatic rings. The van der Waals surface area contributed by atoms with Crippen molar-refractivity contribution in [2.75, 3.05) is 26.7 Å². The van der Waals surface area contributed by atoms with E-state index in [0.717, 1.165) is 38.3 Å². The van der Waals surface area contributed by atoms with Gasteiger partial charge in [0.05, 0.1) is 6.54 Å². The fraction of sp³-hybridized carbons (Fsp3) is 0.619. The summed E-state index contributed by atoms with van der Waals surface area (Å²) in [7, 11) is 1.83. The minimum Gasteiger partial charge on any atom is -0.369 e. The van der Waals surface area contributed by atoms with Crippen LogP contribution in [0.5, 0.6) is 0 Å². The summed E-state index contributed by atoms with van der Waals surface area (Å²) in [4.78, 5) is 17.6. The molecule has 1 aliphatic carbocycles. The van der Waals surface area contributed by atoms with Gasteiger partial charge in [0.1, 0.15) is 0 Å². The van der Waals surface area contributed by atoms with E-state index >= 15 is 0 Å². The van der Waals surface area contributed by atoms with Crippen molar-refractivity contribution < 1.29 is 4.79 Å². The van der Waals surface area contributed by atoms with Crippen LogP contribution in [0.2, 0.25) is 0 Å². The fourth-order valence-electron chi connectivity index (χ4n) is 3.85. The van der Waals surface area contributed by atoms with Gasteiger partial charge in [-0.15, -0.1) is 0 Å². The lowest BCUT2D eigenvalue weighted by Crippen LogP contribution is -2.50. The lowest BCUT2D eigenvalue weighted by Gasteiger charge is -2.32. The number of nitrogens with zero attached hydrogens (tertiary/aromatic N) is 2. The van der Waals surface area contributed by atoms with E-state index in [1.54, 1.807) is 0 Å². The van der Waals surface area contributed by atoms with Gasteiger partial charge in [0.2, 0.25) is 5.91 Å². The molecule has 0 spiro atoms. The number of benzene rings is 1. The molecule has 1 amide bonds. The number of nitrogens with two attached hydrogens (primary N) is 1. The minimum atomic E-state index is -0.250. The summed E-state index contributed by atoms with van der Waals surface area (Å²) in [6.45, 7) is 6.60. The molecule has 2 fully saturated rings. The molecule has 0 aromatic heterocycles. The molecule has 1 aliphatic heterocycles. The topological polar surface area (TPSA) is 82.8 Å². The molecule has 6 heteroatoms. The number of guanidine groups is 1. The summed E-state index contributed by atoms with van der Waals surface area (Å²) in [6, 6.07) is 9.89. The molecular weight excluding hydrogens is 338 g/mol. The summed E-state index contributed by atoms with van der Waals surface area (Å²) < 4.78 is 0. The smallest absolute Gasteiger partial charge is 0.231 e. The second kappa shape index (κ2) is 8.74. The number of hydrogen-bond acceptors (Lipinski definition) is 3. The monoisotopic (exact) mass is 371 g/mol. The highest BCUT2D eigenvalue weighted by molar-refractivity contribution is 5.81. The first-order chi connectivity index (χ1) is 13.0. The van der Waals surface area contributed by atoms with E-state index in [4.69, 9.17) is 5.73 Å². The Morgan fingerprint density at radius 3 is 2.44 bits per heavy atom. The summed E-state index contributed by atoms with van der Waals surface area (Å²) in [5.41, 5.74) is 8.08. The molecule has 6 nitrogen and oxygen atoms in total. The van der Waals surface area contributed by atoms with Crippen LogP contribution in [0.4, 0.5) is 0 Å². The van der Waals surface area contributed by atoms with Gasteiger partial charge in [-0.25, -0.2) is 0 Å². The average molecular weight is 372 g/mol. The third kappa shape index (κ3) is 5.45. The van der Waals surface area contributed by atoms with Gasteiger partial charge in [0, 0.05) is 38.1 Å². The van der Waals surface area contributed by atoms with Crippen molar-refractivity contribution in [3.63, 3.8) is 0 Å². The zero-order chi connectivity index (χ0) is 19.4. The number of primary amides is 1. The summed E-state index contributed by atoms with van der Waals surface area (Å²) in [5, 5.41) is 7.11. The molecule has 4 N–H and O–H groups in total. The lowest BCUT2D eigenvalue weighted by atomic mass is 10.0. The van der Waals surface area contributed by atoms with Crippen LogP contribution >= 0.6 is 0 Å². The van der Waals surface area contributed by atoms with E-state index in [2.05, 4.69) is 58.6 Å². The summed E-state index contributed by atoms with van der Waals surface area (Å²) >= 11 is 0. The number of carbonyl (C=O) groups excluding carboxylic acids is 1. The highest BCUT2D eigenvalue weighted by atomic mass is 16.1. The molecule has 3 rings (SSSR count). The molecule has 1 saturated carbocycles. The standard InChI is InChI=1S/C21H33N5O/c1-14(2)15-4-6-16(7-5-15)18-12-19(18)25-21(23-3)24-17-8-10-26(11-9-17)13-20(22)27/h4-7,14,17-19H,8-13H2,1-3H3,(H2,22,27)(H2,23,24,25). The van der Waals surface area contributed by atoms with Gasteiger partial charge in [-0.05, 0) is 36.3 Å². The maximum Gasteiger partial charge on any atom is 0.231 e. The second-order valence-electron chi connectivity index (χ2n) is 8.15. The summed E-state index contributed by atoms with van der Waals surface area (Å²) in [5.74, 6) is 1.78. The predicted molar refractivity (Wildman–Crippen MR) is 110 cm³/mol. The number of carbonyl (C=O) groups is 1. The van der Waals surface area contributed by atoms with Crippen LogP contribution in [0.1, 0.15) is 56.1 Å². The van der Waals surface area contributed by atoms with Crippen molar-refractivity contribution in [2.45, 2.75) is 57.0 Å². The Morgan fingerprint density at radius 1 is 1.22 bits per heavy atom. The highest BCUT2D eigenvalue weighted by Gasteiger charge is 2.39. The quantitative estimate of drug-likeness (QED) is 0.526. The number of aliphatic imine (C=N–C) groups is 1. The van der Waals surface area contributed by atoms with E-state index in [1.807, 2.05) is 7.05 Å². The maximum atomic E-state index is 11.0. The van der Waals surface area contributed by atoms with Crippen LogP contribution in [-0.4, -0.2) is 55.5 Å². The Bertz CT molecular complexity index is 662. The molecule has 148 valence electrons. The molecule has 1 aromatic rings. The van der Waals surface area contributed by atoms with Crippen LogP contribution in [0.3, 0.4) is 0 Å². The number of nitrogens with one attached hydrogen (secondary N) is 2. The van der Waals surface area contributed by atoms with Gasteiger partial charge in [-0.1, -0.05) is 38.1 Å². The molecule has 0 radical (unpaired) electrons. The largest absolute Gasteiger partial charge is 0.369 e. The Morgan fingerprint density at radius 2 is 1.89 bits per heavy atom. The number of hydrogen-bond donors (Lipinski definition) is 3. The van der Waals surface area contributed by atoms with Crippen LogP contribution in [-0.2, 0) is 4.79 Å². The number of likely N-dealkylation sites (tertiary alicyclic amines) is 1. The minimum absolute atomic E-state index is 0.250. The van der Waals surface area contributed by atoms with Gasteiger partial charge < -0.3 is 16.4 Å². The van der Waals surface area contributed by atoms with E-state index in [0.29, 0.717) is 30.5 Å². The maximum absolute atomic E-state index is 11.0. The normalized spacial score (nSPS) is 24.1. The van der Waals surface area contributed by atoms with Crippen molar-refractivity contribution in [1.29, 1.82) is 0 Å². The van der Waals surface area contributed by atoms with E-state index in [1.165, 1.54) is 11.1 Å². The van der Waals surface area contributed by atoms with Gasteiger partial charge in [-0.2, -0.15) is 0 Å². The molecule has 1 saturated heterocycles. The lowest BCUT2D eigenvalue weighted by molar-refractivity contribution is -0.119. The Balaban J connectivity index is 1.44. The molecule has 1 heterocycles. The Labute approximate surface area is 162 Å². The third-order valence-corrected chi connectivity index (χ3v) is 5.68. The summed E-state index contributed by atoms with van der Waals surface area (Å²) in [6.07, 6.45) is 3.15. The highest BCUT2D eigenvalue weighted by Crippen LogP contribution is 2.41. The van der Waals surface area contributed by atoms with Gasteiger partial charge in [0.25, 0.3) is 0 Å². The zero-order valence-electron chi connectivity index (χ0n) is 16.7. The van der Waals surface area contributed by atoms with Crippen LogP contribution < -0.4 is 16.4 Å². The molecule has 27 heavy (non-hydrogen) atoms. The first-order valence-corrected chi connectivity index (χ1v) is 10.1. The van der Waals surface area contributed by atoms with Gasteiger partial charge >= 0.3 is 0 Å². The number of piperidine rings is 1. The molecule has 2 unspecified atom stereocenters. The van der Waals surface area contributed by atoms with Crippen molar-refractivity contribution in [3.8, 4) is 0 Å². The molecule has 0 bridgehead atoms. The SMILES string of the molecule is CN=C(NC1CCN(CC(N)=O)CC1)NC1CC1c1ccc(C(C)C)cc1. The fourth-order valence-corrected chi connectivity index (χ4v) is 3.85. The third-order valence-electron chi connectivity index (χ3n) is 5.68. The second-order valence-corrected chi connectivity index (χ2v) is 8.15. The Hall–Kier alpha value is -2.08.